The van der Waals surface area contributed by atoms with Crippen molar-refractivity contribution < 1.29 is 9.90 Å². The van der Waals surface area contributed by atoms with Crippen molar-refractivity contribution in [1.82, 2.24) is 4.57 Å². The molecule has 0 saturated heterocycles. The monoisotopic (exact) mass is 181 g/mol. The first-order valence-corrected chi connectivity index (χ1v) is 4.50. The van der Waals surface area contributed by atoms with E-state index in [2.05, 4.69) is 0 Å². The zero-order chi connectivity index (χ0) is 9.84. The molecule has 1 heterocycles. The first-order chi connectivity index (χ1) is 6.13. The van der Waals surface area contributed by atoms with Crippen LogP contribution in [0.4, 0.5) is 0 Å². The second-order valence-corrected chi connectivity index (χ2v) is 3.22. The van der Waals surface area contributed by atoms with Crippen LogP contribution in [0, 0.1) is 0 Å². The Hall–Kier alpha value is -1.09. The van der Waals surface area contributed by atoms with E-state index >= 15 is 0 Å². The molecular weight excluding hydrogens is 166 g/mol. The summed E-state index contributed by atoms with van der Waals surface area (Å²) in [5, 5.41) is 9.11. The third-order valence-corrected chi connectivity index (χ3v) is 1.87. The lowest BCUT2D eigenvalue weighted by molar-refractivity contribution is 0.0987. The van der Waals surface area contributed by atoms with Crippen LogP contribution < -0.4 is 0 Å². The van der Waals surface area contributed by atoms with Gasteiger partial charge >= 0.3 is 0 Å². The molecule has 3 nitrogen and oxygen atoms in total. The quantitative estimate of drug-likeness (QED) is 0.714. The van der Waals surface area contributed by atoms with Gasteiger partial charge in [-0.05, 0) is 13.0 Å². The smallest absolute Gasteiger partial charge is 0.164 e. The van der Waals surface area contributed by atoms with Gasteiger partial charge in [-0.2, -0.15) is 0 Å². The Balaban J connectivity index is 2.69. The number of aliphatic hydroxyl groups is 1. The Morgan fingerprint density at radius 1 is 1.69 bits per heavy atom. The minimum atomic E-state index is -0.378. The van der Waals surface area contributed by atoms with Gasteiger partial charge < -0.3 is 9.67 Å². The molecule has 0 aromatic carbocycles. The lowest BCUT2D eigenvalue weighted by Gasteiger charge is -2.04. The molecule has 1 aromatic heterocycles. The largest absolute Gasteiger partial charge is 0.392 e. The molecule has 0 aliphatic heterocycles. The van der Waals surface area contributed by atoms with E-state index in [0.717, 1.165) is 5.56 Å². The van der Waals surface area contributed by atoms with Crippen molar-refractivity contribution in [3.8, 4) is 0 Å². The van der Waals surface area contributed by atoms with E-state index < -0.39 is 0 Å². The van der Waals surface area contributed by atoms with Crippen LogP contribution in [0.2, 0.25) is 0 Å². The Labute approximate surface area is 78.0 Å². The minimum absolute atomic E-state index is 0.143. The maximum atomic E-state index is 11.2. The molecule has 0 bridgehead atoms. The molecule has 1 atom stereocenters. The fraction of sp³-hybridized carbons (Fsp3) is 0.500. The molecule has 1 aromatic rings. The number of nitrogens with zero attached hydrogens (tertiary/aromatic N) is 1. The number of carbonyl (C=O) groups excluding carboxylic acids is 1. The molecule has 1 unspecified atom stereocenters. The molecule has 72 valence electrons. The number of aliphatic hydroxyl groups excluding tert-OH is 1. The lowest BCUT2D eigenvalue weighted by Crippen LogP contribution is -2.09. The topological polar surface area (TPSA) is 42.2 Å². The SMILES string of the molecule is CCC(=O)c1ccn(CC(C)O)c1. The normalized spacial score (nSPS) is 12.8. The maximum Gasteiger partial charge on any atom is 0.164 e. The van der Waals surface area contributed by atoms with Gasteiger partial charge in [0.2, 0.25) is 0 Å². The van der Waals surface area contributed by atoms with Crippen molar-refractivity contribution in [1.29, 1.82) is 0 Å². The fourth-order valence-electron chi connectivity index (χ4n) is 1.23. The molecule has 0 aliphatic carbocycles. The number of hydrogen-bond acceptors (Lipinski definition) is 2. The number of ketones is 1. The van der Waals surface area contributed by atoms with Crippen LogP contribution in [0.3, 0.4) is 0 Å². The van der Waals surface area contributed by atoms with E-state index in [9.17, 15) is 4.79 Å². The average Bonchev–Trinajstić information content (AvgIpc) is 2.50. The van der Waals surface area contributed by atoms with Crippen molar-refractivity contribution in [2.75, 3.05) is 0 Å². The summed E-state index contributed by atoms with van der Waals surface area (Å²) in [7, 11) is 0. The second-order valence-electron chi connectivity index (χ2n) is 3.22. The number of hydrogen-bond donors (Lipinski definition) is 1. The molecule has 1 rings (SSSR count). The molecule has 0 amide bonds. The van der Waals surface area contributed by atoms with Crippen molar-refractivity contribution in [3.63, 3.8) is 0 Å². The van der Waals surface area contributed by atoms with Gasteiger partial charge in [0, 0.05) is 30.9 Å². The Morgan fingerprint density at radius 2 is 2.38 bits per heavy atom. The second kappa shape index (κ2) is 4.23. The maximum absolute atomic E-state index is 11.2. The van der Waals surface area contributed by atoms with Gasteiger partial charge in [-0.1, -0.05) is 6.92 Å². The lowest BCUT2D eigenvalue weighted by atomic mass is 10.2. The molecule has 0 radical (unpaired) electrons. The van der Waals surface area contributed by atoms with Gasteiger partial charge in [0.05, 0.1) is 6.10 Å². The fourth-order valence-corrected chi connectivity index (χ4v) is 1.23. The number of Topliss-reactive ketones (excluding diaryl/α,β-unsaturated/α-hetero) is 1. The van der Waals surface area contributed by atoms with E-state index in [4.69, 9.17) is 5.11 Å². The van der Waals surface area contributed by atoms with Gasteiger partial charge in [0.1, 0.15) is 0 Å². The zero-order valence-corrected chi connectivity index (χ0v) is 8.03. The standard InChI is InChI=1S/C10H15NO2/c1-3-10(13)9-4-5-11(7-9)6-8(2)12/h4-5,7-8,12H,3,6H2,1-2H3. The molecular formula is C10H15NO2. The highest BCUT2D eigenvalue weighted by molar-refractivity contribution is 5.95. The summed E-state index contributed by atoms with van der Waals surface area (Å²) in [4.78, 5) is 11.2. The van der Waals surface area contributed by atoms with Gasteiger partial charge in [-0.3, -0.25) is 4.79 Å². The van der Waals surface area contributed by atoms with E-state index in [1.54, 1.807) is 19.2 Å². The van der Waals surface area contributed by atoms with Crippen LogP contribution in [-0.2, 0) is 6.54 Å². The van der Waals surface area contributed by atoms with Crippen LogP contribution in [0.5, 0.6) is 0 Å². The summed E-state index contributed by atoms with van der Waals surface area (Å²) < 4.78 is 1.83. The Bertz CT molecular complexity index is 289. The van der Waals surface area contributed by atoms with Crippen LogP contribution in [0.1, 0.15) is 30.6 Å². The van der Waals surface area contributed by atoms with Crippen LogP contribution in [0.15, 0.2) is 18.5 Å². The molecule has 0 spiro atoms. The van der Waals surface area contributed by atoms with E-state index in [1.165, 1.54) is 0 Å². The van der Waals surface area contributed by atoms with Gasteiger partial charge in [-0.15, -0.1) is 0 Å². The van der Waals surface area contributed by atoms with E-state index in [1.807, 2.05) is 17.7 Å². The third kappa shape index (κ3) is 2.70. The first-order valence-electron chi connectivity index (χ1n) is 4.50. The number of rotatable bonds is 4. The van der Waals surface area contributed by atoms with Gasteiger partial charge in [0.15, 0.2) is 5.78 Å². The Morgan fingerprint density at radius 3 is 2.92 bits per heavy atom. The number of aromatic nitrogens is 1. The Kier molecular flexibility index (Phi) is 3.25. The zero-order valence-electron chi connectivity index (χ0n) is 8.03. The van der Waals surface area contributed by atoms with Crippen LogP contribution in [-0.4, -0.2) is 21.6 Å². The van der Waals surface area contributed by atoms with Crippen LogP contribution in [0.25, 0.3) is 0 Å². The van der Waals surface area contributed by atoms with E-state index in [0.29, 0.717) is 13.0 Å². The predicted molar refractivity (Wildman–Crippen MR) is 50.7 cm³/mol. The summed E-state index contributed by atoms with van der Waals surface area (Å²) in [6.45, 7) is 4.10. The van der Waals surface area contributed by atoms with Crippen molar-refractivity contribution in [2.24, 2.45) is 0 Å². The van der Waals surface area contributed by atoms with Crippen LogP contribution >= 0.6 is 0 Å². The highest BCUT2D eigenvalue weighted by Crippen LogP contribution is 2.05. The molecule has 0 fully saturated rings. The van der Waals surface area contributed by atoms with Gasteiger partial charge in [-0.25, -0.2) is 0 Å². The summed E-state index contributed by atoms with van der Waals surface area (Å²) in [6, 6.07) is 1.79. The first kappa shape index (κ1) is 9.99. The van der Waals surface area contributed by atoms with Crippen molar-refractivity contribution in [2.45, 2.75) is 32.9 Å². The summed E-state index contributed by atoms with van der Waals surface area (Å²) in [5.74, 6) is 0.143. The minimum Gasteiger partial charge on any atom is -0.392 e. The molecule has 0 aliphatic rings. The molecule has 1 N–H and O–H groups in total. The highest BCUT2D eigenvalue weighted by Gasteiger charge is 2.05. The molecule has 13 heavy (non-hydrogen) atoms. The summed E-state index contributed by atoms with van der Waals surface area (Å²) >= 11 is 0. The third-order valence-electron chi connectivity index (χ3n) is 1.87. The summed E-state index contributed by atoms with van der Waals surface area (Å²) in [5.41, 5.74) is 0.725. The average molecular weight is 181 g/mol. The highest BCUT2D eigenvalue weighted by atomic mass is 16.3. The van der Waals surface area contributed by atoms with Crippen molar-refractivity contribution >= 4 is 5.78 Å². The molecule has 3 heteroatoms. The van der Waals surface area contributed by atoms with Gasteiger partial charge in [0.25, 0.3) is 0 Å². The number of carbonyl (C=O) groups is 1. The summed E-state index contributed by atoms with van der Waals surface area (Å²) in [6.07, 6.45) is 3.74. The predicted octanol–water partition coefficient (Wildman–Crippen LogP) is 1.46. The van der Waals surface area contributed by atoms with E-state index in [-0.39, 0.29) is 11.9 Å². The van der Waals surface area contributed by atoms with Crippen molar-refractivity contribution in [3.05, 3.63) is 24.0 Å². The molecule has 0 saturated carbocycles.